The third kappa shape index (κ3) is 4.88. The first-order valence-electron chi connectivity index (χ1n) is 8.58. The number of ether oxygens (including phenoxy) is 1. The molecule has 0 saturated carbocycles. The Morgan fingerprint density at radius 3 is 2.71 bits per heavy atom. The van der Waals surface area contributed by atoms with Crippen LogP contribution in [0.2, 0.25) is 0 Å². The molecule has 1 atom stereocenters. The number of esters is 1. The molecule has 1 aromatic rings. The van der Waals surface area contributed by atoms with Crippen LogP contribution in [0.5, 0.6) is 11.5 Å². The van der Waals surface area contributed by atoms with Crippen LogP contribution >= 0.6 is 0 Å². The zero-order chi connectivity index (χ0) is 17.5. The number of hydrogen-bond donors (Lipinski definition) is 2. The Bertz CT molecular complexity index is 643. The number of aromatic hydroxyl groups is 2. The smallest absolute Gasteiger partial charge is 0.342 e. The Hall–Kier alpha value is -2.23. The summed E-state index contributed by atoms with van der Waals surface area (Å²) in [5, 5.41) is 19.8. The minimum Gasteiger partial charge on any atom is -0.508 e. The van der Waals surface area contributed by atoms with Gasteiger partial charge in [-0.1, -0.05) is 23.8 Å². The largest absolute Gasteiger partial charge is 0.508 e. The van der Waals surface area contributed by atoms with Crippen molar-refractivity contribution < 1.29 is 19.7 Å². The molecule has 0 radical (unpaired) electrons. The highest BCUT2D eigenvalue weighted by Gasteiger charge is 2.20. The molecule has 4 nitrogen and oxygen atoms in total. The van der Waals surface area contributed by atoms with E-state index < -0.39 is 5.97 Å². The molecule has 0 aliphatic carbocycles. The van der Waals surface area contributed by atoms with Crippen LogP contribution in [0.15, 0.2) is 29.9 Å². The Kier molecular flexibility index (Phi) is 6.47. The summed E-state index contributed by atoms with van der Waals surface area (Å²) >= 11 is 0. The summed E-state index contributed by atoms with van der Waals surface area (Å²) in [7, 11) is 0. The summed E-state index contributed by atoms with van der Waals surface area (Å²) < 4.78 is 5.48. The number of rotatable bonds is 0. The Morgan fingerprint density at radius 2 is 1.96 bits per heavy atom. The van der Waals surface area contributed by atoms with Crippen LogP contribution in [0.1, 0.15) is 68.3 Å². The van der Waals surface area contributed by atoms with Crippen molar-refractivity contribution in [3.63, 3.8) is 0 Å². The van der Waals surface area contributed by atoms with Gasteiger partial charge in [-0.3, -0.25) is 0 Å². The van der Waals surface area contributed by atoms with Gasteiger partial charge >= 0.3 is 5.97 Å². The zero-order valence-corrected chi connectivity index (χ0v) is 14.4. The fraction of sp³-hybridized carbons (Fsp3) is 0.450. The van der Waals surface area contributed by atoms with Crippen molar-refractivity contribution in [3.05, 3.63) is 41.0 Å². The predicted octanol–water partition coefficient (Wildman–Crippen LogP) is 4.96. The Morgan fingerprint density at radius 1 is 1.21 bits per heavy atom. The van der Waals surface area contributed by atoms with Crippen LogP contribution in [-0.4, -0.2) is 22.3 Å². The molecule has 24 heavy (non-hydrogen) atoms. The summed E-state index contributed by atoms with van der Waals surface area (Å²) in [5.41, 5.74) is 2.03. The van der Waals surface area contributed by atoms with Gasteiger partial charge in [-0.25, -0.2) is 4.79 Å². The standard InChI is InChI=1S/C20H26O4/c1-3-15-9-5-4-6-11-16-12-17(21)13-18(22)19(16)20(23)24-14(2)8-7-10-15/h3,6,11-14,21-22H,4-5,7-10H2,1-2H3. The van der Waals surface area contributed by atoms with E-state index in [2.05, 4.69) is 13.0 Å². The van der Waals surface area contributed by atoms with E-state index >= 15 is 0 Å². The van der Waals surface area contributed by atoms with Crippen molar-refractivity contribution in [2.45, 2.75) is 58.5 Å². The van der Waals surface area contributed by atoms with Crippen molar-refractivity contribution in [1.29, 1.82) is 0 Å². The molecule has 0 bridgehead atoms. The van der Waals surface area contributed by atoms with Gasteiger partial charge in [0.25, 0.3) is 0 Å². The topological polar surface area (TPSA) is 66.8 Å². The second kappa shape index (κ2) is 8.57. The molecule has 0 aromatic heterocycles. The van der Waals surface area contributed by atoms with Crippen LogP contribution in [0.25, 0.3) is 6.08 Å². The molecule has 0 amide bonds. The van der Waals surface area contributed by atoms with Gasteiger partial charge in [-0.15, -0.1) is 0 Å². The molecule has 0 spiro atoms. The fourth-order valence-corrected chi connectivity index (χ4v) is 2.98. The molecule has 1 aromatic carbocycles. The lowest BCUT2D eigenvalue weighted by molar-refractivity contribution is 0.0317. The van der Waals surface area contributed by atoms with E-state index in [1.807, 2.05) is 13.0 Å². The van der Waals surface area contributed by atoms with Gasteiger partial charge in [0.15, 0.2) is 0 Å². The minimum atomic E-state index is -0.553. The first kappa shape index (κ1) is 18.1. The molecular formula is C20H26O4. The van der Waals surface area contributed by atoms with E-state index in [9.17, 15) is 15.0 Å². The van der Waals surface area contributed by atoms with Crippen LogP contribution < -0.4 is 0 Å². The summed E-state index contributed by atoms with van der Waals surface area (Å²) in [4.78, 5) is 12.4. The monoisotopic (exact) mass is 330 g/mol. The molecule has 1 aliphatic heterocycles. The molecule has 1 heterocycles. The van der Waals surface area contributed by atoms with Crippen LogP contribution in [-0.2, 0) is 4.74 Å². The third-order valence-electron chi connectivity index (χ3n) is 4.33. The number of allylic oxidation sites excluding steroid dienone is 3. The van der Waals surface area contributed by atoms with E-state index in [0.29, 0.717) is 5.56 Å². The Labute approximate surface area is 143 Å². The van der Waals surface area contributed by atoms with E-state index in [4.69, 9.17) is 4.74 Å². The van der Waals surface area contributed by atoms with Crippen molar-refractivity contribution in [2.24, 2.45) is 0 Å². The molecule has 0 fully saturated rings. The number of benzene rings is 1. The number of carbonyl (C=O) groups excluding carboxylic acids is 1. The molecule has 1 unspecified atom stereocenters. The van der Waals surface area contributed by atoms with Gasteiger partial charge in [0.05, 0.1) is 6.10 Å². The maximum absolute atomic E-state index is 12.4. The highest BCUT2D eigenvalue weighted by molar-refractivity contribution is 5.97. The predicted molar refractivity (Wildman–Crippen MR) is 95.1 cm³/mol. The van der Waals surface area contributed by atoms with E-state index in [0.717, 1.165) is 38.5 Å². The summed E-state index contributed by atoms with van der Waals surface area (Å²) in [6.45, 7) is 3.94. The maximum Gasteiger partial charge on any atom is 0.342 e. The normalized spacial score (nSPS) is 21.8. The molecular weight excluding hydrogens is 304 g/mol. The second-order valence-electron chi connectivity index (χ2n) is 6.28. The van der Waals surface area contributed by atoms with Gasteiger partial charge in [-0.2, -0.15) is 0 Å². The van der Waals surface area contributed by atoms with Crippen LogP contribution in [0.4, 0.5) is 0 Å². The van der Waals surface area contributed by atoms with Crippen LogP contribution in [0, 0.1) is 0 Å². The van der Waals surface area contributed by atoms with Gasteiger partial charge in [-0.05, 0) is 64.0 Å². The van der Waals surface area contributed by atoms with Crippen molar-refractivity contribution >= 4 is 12.0 Å². The number of carbonyl (C=O) groups is 1. The average Bonchev–Trinajstić information content (AvgIpc) is 2.51. The second-order valence-corrected chi connectivity index (χ2v) is 6.28. The van der Waals surface area contributed by atoms with Gasteiger partial charge in [0.2, 0.25) is 0 Å². The van der Waals surface area contributed by atoms with Gasteiger partial charge in [0, 0.05) is 6.07 Å². The lowest BCUT2D eigenvalue weighted by atomic mass is 9.99. The summed E-state index contributed by atoms with van der Waals surface area (Å²) in [6.07, 6.45) is 11.4. The quantitative estimate of drug-likeness (QED) is 0.521. The van der Waals surface area contributed by atoms with Gasteiger partial charge in [0.1, 0.15) is 17.1 Å². The highest BCUT2D eigenvalue weighted by atomic mass is 16.5. The molecule has 130 valence electrons. The van der Waals surface area contributed by atoms with E-state index in [-0.39, 0.29) is 23.2 Å². The summed E-state index contributed by atoms with van der Waals surface area (Å²) in [5.74, 6) is -0.882. The lowest BCUT2D eigenvalue weighted by Crippen LogP contribution is -2.16. The van der Waals surface area contributed by atoms with Crippen LogP contribution in [0.3, 0.4) is 0 Å². The van der Waals surface area contributed by atoms with Gasteiger partial charge < -0.3 is 14.9 Å². The van der Waals surface area contributed by atoms with E-state index in [1.165, 1.54) is 17.7 Å². The maximum atomic E-state index is 12.4. The number of fused-ring (bicyclic) bond motifs is 1. The minimum absolute atomic E-state index is 0.0749. The molecule has 4 heteroatoms. The number of phenolic OH excluding ortho intramolecular Hbond substituents is 2. The zero-order valence-electron chi connectivity index (χ0n) is 14.4. The fourth-order valence-electron chi connectivity index (χ4n) is 2.98. The van der Waals surface area contributed by atoms with Crippen molar-refractivity contribution in [3.8, 4) is 11.5 Å². The molecule has 2 N–H and O–H groups in total. The van der Waals surface area contributed by atoms with Crippen molar-refractivity contribution in [1.82, 2.24) is 0 Å². The SMILES string of the molecule is CC=C1CCCC=Cc2cc(O)cc(O)c2C(=O)OC(C)CCC1. The number of hydrogen-bond acceptors (Lipinski definition) is 4. The molecule has 1 aliphatic rings. The molecule has 0 saturated heterocycles. The molecule has 2 rings (SSSR count). The van der Waals surface area contributed by atoms with E-state index in [1.54, 1.807) is 6.08 Å². The number of cyclic esters (lactones) is 1. The van der Waals surface area contributed by atoms with Crippen molar-refractivity contribution in [2.75, 3.05) is 0 Å². The Balaban J connectivity index is 2.31. The number of phenols is 2. The highest BCUT2D eigenvalue weighted by Crippen LogP contribution is 2.30. The third-order valence-corrected chi connectivity index (χ3v) is 4.33. The average molecular weight is 330 g/mol. The first-order chi connectivity index (χ1) is 11.5. The summed E-state index contributed by atoms with van der Waals surface area (Å²) in [6, 6.07) is 2.64. The lowest BCUT2D eigenvalue weighted by Gasteiger charge is -2.16. The first-order valence-corrected chi connectivity index (χ1v) is 8.58.